The van der Waals surface area contributed by atoms with E-state index in [0.29, 0.717) is 5.56 Å². The number of pyridine rings is 1. The number of nitrogens with zero attached hydrogens (tertiary/aromatic N) is 2. The molecule has 0 aliphatic rings. The fraction of sp³-hybridized carbons (Fsp3) is 0. The van der Waals surface area contributed by atoms with Crippen molar-refractivity contribution in [2.45, 2.75) is 0 Å². The number of rotatable bonds is 4. The highest BCUT2D eigenvalue weighted by atomic mass is 79.9. The summed E-state index contributed by atoms with van der Waals surface area (Å²) in [5, 5.41) is 20.2. The molecule has 0 bridgehead atoms. The van der Waals surface area contributed by atoms with Gasteiger partial charge in [0, 0.05) is 23.4 Å². The highest BCUT2D eigenvalue weighted by Crippen LogP contribution is 2.33. The van der Waals surface area contributed by atoms with Crippen molar-refractivity contribution in [2.24, 2.45) is 0 Å². The van der Waals surface area contributed by atoms with E-state index >= 15 is 0 Å². The molecule has 6 nitrogen and oxygen atoms in total. The molecule has 3 rings (SSSR count). The minimum atomic E-state index is -1.36. The van der Waals surface area contributed by atoms with Gasteiger partial charge in [0.25, 0.3) is 5.69 Å². The van der Waals surface area contributed by atoms with Crippen molar-refractivity contribution >= 4 is 27.6 Å². The van der Waals surface area contributed by atoms with Crippen molar-refractivity contribution in [3.05, 3.63) is 80.4 Å². The van der Waals surface area contributed by atoms with Crippen LogP contribution in [0.15, 0.2) is 53.1 Å². The first kappa shape index (κ1) is 18.6. The smallest absolute Gasteiger partial charge is 0.337 e. The number of halogens is 3. The van der Waals surface area contributed by atoms with Gasteiger partial charge in [0.05, 0.1) is 15.0 Å². The molecule has 0 atom stereocenters. The molecule has 2 aromatic carbocycles. The summed E-state index contributed by atoms with van der Waals surface area (Å²) in [6.07, 6.45) is 0.959. The lowest BCUT2D eigenvalue weighted by Crippen LogP contribution is -2.02. The van der Waals surface area contributed by atoms with Crippen LogP contribution in [0, 0.1) is 21.7 Å². The van der Waals surface area contributed by atoms with Crippen molar-refractivity contribution < 1.29 is 23.6 Å². The van der Waals surface area contributed by atoms with E-state index in [2.05, 4.69) is 20.9 Å². The number of hydrogen-bond acceptors (Lipinski definition) is 4. The summed E-state index contributed by atoms with van der Waals surface area (Å²) in [4.78, 5) is 25.2. The van der Waals surface area contributed by atoms with Crippen molar-refractivity contribution in [2.75, 3.05) is 0 Å². The Bertz CT molecular complexity index is 1090. The lowest BCUT2D eigenvalue weighted by atomic mass is 10.0. The summed E-state index contributed by atoms with van der Waals surface area (Å²) in [5.74, 6) is -2.65. The van der Waals surface area contributed by atoms with Gasteiger partial charge in [0.1, 0.15) is 17.3 Å². The molecular formula is C18H9BrF2N2O4. The molecule has 0 aliphatic carbocycles. The predicted molar refractivity (Wildman–Crippen MR) is 96.3 cm³/mol. The van der Waals surface area contributed by atoms with E-state index < -0.39 is 28.2 Å². The monoisotopic (exact) mass is 434 g/mol. The van der Waals surface area contributed by atoms with Crippen LogP contribution in [0.3, 0.4) is 0 Å². The van der Waals surface area contributed by atoms with Gasteiger partial charge >= 0.3 is 5.97 Å². The maximum Gasteiger partial charge on any atom is 0.337 e. The largest absolute Gasteiger partial charge is 0.478 e. The highest BCUT2D eigenvalue weighted by molar-refractivity contribution is 9.10. The molecule has 1 aromatic heterocycles. The van der Waals surface area contributed by atoms with Crippen molar-refractivity contribution in [1.82, 2.24) is 4.98 Å². The Morgan fingerprint density at radius 2 is 1.74 bits per heavy atom. The third kappa shape index (κ3) is 3.68. The second-order valence-corrected chi connectivity index (χ2v) is 6.33. The van der Waals surface area contributed by atoms with Gasteiger partial charge in [-0.2, -0.15) is 0 Å². The molecule has 0 saturated carbocycles. The lowest BCUT2D eigenvalue weighted by Gasteiger charge is -2.08. The van der Waals surface area contributed by atoms with E-state index in [-0.39, 0.29) is 26.9 Å². The van der Waals surface area contributed by atoms with E-state index in [0.717, 1.165) is 24.4 Å². The van der Waals surface area contributed by atoms with Gasteiger partial charge in [-0.1, -0.05) is 18.2 Å². The summed E-state index contributed by atoms with van der Waals surface area (Å²) in [7, 11) is 0. The van der Waals surface area contributed by atoms with E-state index in [1.165, 1.54) is 24.3 Å². The molecule has 0 radical (unpaired) electrons. The maximum atomic E-state index is 14.6. The third-order valence-corrected chi connectivity index (χ3v) is 4.43. The fourth-order valence-electron chi connectivity index (χ4n) is 2.49. The summed E-state index contributed by atoms with van der Waals surface area (Å²) in [5.41, 5.74) is -0.585. The first-order valence-corrected chi connectivity index (χ1v) is 8.20. The van der Waals surface area contributed by atoms with Crippen molar-refractivity contribution in [1.29, 1.82) is 0 Å². The van der Waals surface area contributed by atoms with Gasteiger partial charge in [0.15, 0.2) is 0 Å². The van der Waals surface area contributed by atoms with Crippen LogP contribution in [0.5, 0.6) is 0 Å². The Morgan fingerprint density at radius 1 is 1.07 bits per heavy atom. The normalized spacial score (nSPS) is 10.6. The molecule has 27 heavy (non-hydrogen) atoms. The predicted octanol–water partition coefficient (Wildman–Crippen LogP) is 5.06. The average Bonchev–Trinajstić information content (AvgIpc) is 2.63. The SMILES string of the molecule is O=C(O)c1cnc(-c2ccc(-c3ccc(Br)c(F)c3)c(F)c2)c([N+](=O)[O-])c1. The number of aromatic nitrogens is 1. The van der Waals surface area contributed by atoms with Crippen molar-refractivity contribution in [3.63, 3.8) is 0 Å². The number of carbonyl (C=O) groups is 1. The van der Waals surface area contributed by atoms with E-state index in [9.17, 15) is 23.7 Å². The zero-order valence-electron chi connectivity index (χ0n) is 13.3. The molecule has 0 unspecified atom stereocenters. The standard InChI is InChI=1S/C18H9BrF2N2O4/c19-13-4-2-9(5-15(13)21)12-3-1-10(6-14(12)20)17-16(23(26)27)7-11(8-22-17)18(24)25/h1-8H,(H,24,25). The Hall–Kier alpha value is -3.20. The number of aromatic carboxylic acids is 1. The molecule has 9 heteroatoms. The summed E-state index contributed by atoms with van der Waals surface area (Å²) in [6, 6.07) is 8.76. The van der Waals surface area contributed by atoms with Crippen LogP contribution in [-0.4, -0.2) is 21.0 Å². The van der Waals surface area contributed by atoms with Crippen LogP contribution in [0.1, 0.15) is 10.4 Å². The number of nitro groups is 1. The topological polar surface area (TPSA) is 93.3 Å². The molecular weight excluding hydrogens is 426 g/mol. The molecule has 0 amide bonds. The van der Waals surface area contributed by atoms with Crippen LogP contribution < -0.4 is 0 Å². The van der Waals surface area contributed by atoms with Crippen LogP contribution >= 0.6 is 15.9 Å². The molecule has 1 heterocycles. The van der Waals surface area contributed by atoms with Gasteiger partial charge in [-0.25, -0.2) is 18.6 Å². The Balaban J connectivity index is 2.09. The van der Waals surface area contributed by atoms with Gasteiger partial charge in [-0.3, -0.25) is 10.1 Å². The molecule has 0 saturated heterocycles. The van der Waals surface area contributed by atoms with Crippen LogP contribution in [-0.2, 0) is 0 Å². The molecule has 3 aromatic rings. The summed E-state index contributed by atoms with van der Waals surface area (Å²) < 4.78 is 28.5. The lowest BCUT2D eigenvalue weighted by molar-refractivity contribution is -0.384. The second-order valence-electron chi connectivity index (χ2n) is 5.48. The zero-order chi connectivity index (χ0) is 19.7. The van der Waals surface area contributed by atoms with Gasteiger partial charge in [-0.05, 0) is 39.7 Å². The molecule has 0 spiro atoms. The van der Waals surface area contributed by atoms with Gasteiger partial charge in [-0.15, -0.1) is 0 Å². The number of carboxylic acids is 1. The molecule has 0 aliphatic heterocycles. The van der Waals surface area contributed by atoms with Crippen LogP contribution in [0.25, 0.3) is 22.4 Å². The van der Waals surface area contributed by atoms with E-state index in [1.54, 1.807) is 0 Å². The average molecular weight is 435 g/mol. The van der Waals surface area contributed by atoms with E-state index in [4.69, 9.17) is 5.11 Å². The van der Waals surface area contributed by atoms with Crippen LogP contribution in [0.2, 0.25) is 0 Å². The molecule has 0 fully saturated rings. The first-order valence-electron chi connectivity index (χ1n) is 7.41. The highest BCUT2D eigenvalue weighted by Gasteiger charge is 2.21. The van der Waals surface area contributed by atoms with Gasteiger partial charge in [0.2, 0.25) is 0 Å². The Kier molecular flexibility index (Phi) is 4.95. The fourth-order valence-corrected chi connectivity index (χ4v) is 2.74. The quantitative estimate of drug-likeness (QED) is 0.457. The van der Waals surface area contributed by atoms with Gasteiger partial charge < -0.3 is 5.11 Å². The molecule has 1 N–H and O–H groups in total. The van der Waals surface area contributed by atoms with Crippen molar-refractivity contribution in [3.8, 4) is 22.4 Å². The minimum Gasteiger partial charge on any atom is -0.478 e. The zero-order valence-corrected chi connectivity index (χ0v) is 14.9. The number of hydrogen-bond donors (Lipinski definition) is 1. The summed E-state index contributed by atoms with van der Waals surface area (Å²) >= 11 is 3.02. The number of benzene rings is 2. The second kappa shape index (κ2) is 7.20. The Morgan fingerprint density at radius 3 is 2.33 bits per heavy atom. The summed E-state index contributed by atoms with van der Waals surface area (Å²) in [6.45, 7) is 0. The third-order valence-electron chi connectivity index (χ3n) is 3.78. The van der Waals surface area contributed by atoms with E-state index in [1.807, 2.05) is 0 Å². The molecule has 136 valence electrons. The maximum absolute atomic E-state index is 14.6. The minimum absolute atomic E-state index is 0.0949. The van der Waals surface area contributed by atoms with Crippen LogP contribution in [0.4, 0.5) is 14.5 Å². The number of carboxylic acid groups (broad SMARTS) is 1. The Labute approximate surface area is 159 Å². The first-order chi connectivity index (χ1) is 12.8.